The maximum Gasteiger partial charge on any atom is 0.226 e. The Labute approximate surface area is 70.9 Å². The Morgan fingerprint density at radius 2 is 2.00 bits per heavy atom. The highest BCUT2D eigenvalue weighted by Crippen LogP contribution is 2.18. The molecule has 5 nitrogen and oxygen atoms in total. The minimum absolute atomic E-state index is 0.511. The van der Waals surface area contributed by atoms with Crippen molar-refractivity contribution in [2.45, 2.75) is 12.8 Å². The summed E-state index contributed by atoms with van der Waals surface area (Å²) in [6, 6.07) is 0. The van der Waals surface area contributed by atoms with Crippen LogP contribution >= 0.6 is 0 Å². The van der Waals surface area contributed by atoms with Gasteiger partial charge in [-0.1, -0.05) is 0 Å². The number of nitrogen functional groups attached to an aromatic ring is 2. The van der Waals surface area contributed by atoms with E-state index in [1.165, 1.54) is 17.5 Å². The van der Waals surface area contributed by atoms with Gasteiger partial charge < -0.3 is 16.5 Å². The maximum atomic E-state index is 5.67. The second-order valence-electron chi connectivity index (χ2n) is 3.05. The highest BCUT2D eigenvalue weighted by atomic mass is 15.4. The lowest BCUT2D eigenvalue weighted by Crippen LogP contribution is -2.25. The Morgan fingerprint density at radius 3 is 2.50 bits per heavy atom. The summed E-state index contributed by atoms with van der Waals surface area (Å²) in [6.45, 7) is 2.07. The van der Waals surface area contributed by atoms with Gasteiger partial charge in [0.05, 0.1) is 6.20 Å². The molecule has 2 rings (SSSR count). The Bertz CT molecular complexity index is 273. The largest absolute Gasteiger partial charge is 0.382 e. The SMILES string of the molecule is Nc1cnc(N2CCCC2)n1N. The standard InChI is InChI=1S/C7H13N5/c8-6-5-10-7(12(6)9)11-3-1-2-4-11/h5H,1-4,8-9H2. The number of hydrogen-bond donors (Lipinski definition) is 2. The molecule has 5 heteroatoms. The molecule has 1 fully saturated rings. The molecule has 0 unspecified atom stereocenters. The van der Waals surface area contributed by atoms with Crippen LogP contribution in [0.3, 0.4) is 0 Å². The van der Waals surface area contributed by atoms with Gasteiger partial charge in [0.2, 0.25) is 5.95 Å². The van der Waals surface area contributed by atoms with Crippen molar-refractivity contribution in [3.05, 3.63) is 6.20 Å². The molecule has 0 bridgehead atoms. The van der Waals surface area contributed by atoms with Gasteiger partial charge in [-0.05, 0) is 12.8 Å². The van der Waals surface area contributed by atoms with Crippen LogP contribution in [0.25, 0.3) is 0 Å². The number of aromatic nitrogens is 2. The molecule has 1 aliphatic rings. The number of rotatable bonds is 1. The van der Waals surface area contributed by atoms with Gasteiger partial charge in [0.25, 0.3) is 0 Å². The third kappa shape index (κ3) is 0.975. The third-order valence-corrected chi connectivity index (χ3v) is 2.19. The van der Waals surface area contributed by atoms with E-state index in [9.17, 15) is 0 Å². The lowest BCUT2D eigenvalue weighted by molar-refractivity contribution is 0.860. The zero-order valence-electron chi connectivity index (χ0n) is 6.90. The third-order valence-electron chi connectivity index (χ3n) is 2.19. The summed E-state index contributed by atoms with van der Waals surface area (Å²) in [6.07, 6.45) is 4.02. The van der Waals surface area contributed by atoms with E-state index in [0.717, 1.165) is 19.0 Å². The number of nitrogens with two attached hydrogens (primary N) is 2. The Hall–Kier alpha value is -1.39. The first kappa shape index (κ1) is 7.27. The van der Waals surface area contributed by atoms with Crippen molar-refractivity contribution in [2.24, 2.45) is 0 Å². The summed E-state index contributed by atoms with van der Waals surface area (Å²) < 4.78 is 1.44. The van der Waals surface area contributed by atoms with E-state index in [4.69, 9.17) is 11.6 Å². The molecule has 0 aromatic carbocycles. The monoisotopic (exact) mass is 167 g/mol. The van der Waals surface area contributed by atoms with Crippen LogP contribution in [-0.2, 0) is 0 Å². The number of nitrogens with zero attached hydrogens (tertiary/aromatic N) is 3. The normalized spacial score (nSPS) is 17.2. The molecular formula is C7H13N5. The topological polar surface area (TPSA) is 73.1 Å². The second-order valence-corrected chi connectivity index (χ2v) is 3.05. The molecule has 0 radical (unpaired) electrons. The minimum Gasteiger partial charge on any atom is -0.382 e. The fourth-order valence-corrected chi connectivity index (χ4v) is 1.51. The van der Waals surface area contributed by atoms with Gasteiger partial charge in [-0.25, -0.2) is 9.66 Å². The number of anilines is 2. The van der Waals surface area contributed by atoms with Gasteiger partial charge in [0.1, 0.15) is 5.82 Å². The predicted octanol–water partition coefficient (Wildman–Crippen LogP) is -0.221. The molecule has 1 aliphatic heterocycles. The van der Waals surface area contributed by atoms with Gasteiger partial charge in [-0.2, -0.15) is 0 Å². The molecule has 0 atom stereocenters. The zero-order valence-corrected chi connectivity index (χ0v) is 6.90. The summed E-state index contributed by atoms with van der Waals surface area (Å²) in [4.78, 5) is 6.29. The quantitative estimate of drug-likeness (QED) is 0.567. The molecule has 0 aliphatic carbocycles. The summed E-state index contributed by atoms with van der Waals surface area (Å²) in [5.41, 5.74) is 5.56. The van der Waals surface area contributed by atoms with Crippen LogP contribution in [0.5, 0.6) is 0 Å². The van der Waals surface area contributed by atoms with Crippen molar-refractivity contribution < 1.29 is 0 Å². The van der Waals surface area contributed by atoms with Crippen molar-refractivity contribution in [3.8, 4) is 0 Å². The summed E-state index contributed by atoms with van der Waals surface area (Å²) >= 11 is 0. The van der Waals surface area contributed by atoms with Crippen LogP contribution in [0.2, 0.25) is 0 Å². The molecule has 1 aromatic heterocycles. The van der Waals surface area contributed by atoms with Crippen LogP contribution in [-0.4, -0.2) is 22.7 Å². The molecule has 1 saturated heterocycles. The van der Waals surface area contributed by atoms with E-state index < -0.39 is 0 Å². The first-order valence-corrected chi connectivity index (χ1v) is 4.12. The Morgan fingerprint density at radius 1 is 1.33 bits per heavy atom. The minimum atomic E-state index is 0.511. The second kappa shape index (κ2) is 2.58. The van der Waals surface area contributed by atoms with E-state index in [0.29, 0.717) is 5.82 Å². The summed E-state index contributed by atoms with van der Waals surface area (Å²) in [5, 5.41) is 0. The zero-order chi connectivity index (χ0) is 8.55. The lowest BCUT2D eigenvalue weighted by atomic mass is 10.4. The smallest absolute Gasteiger partial charge is 0.226 e. The Kier molecular flexibility index (Phi) is 1.56. The fraction of sp³-hybridized carbons (Fsp3) is 0.571. The van der Waals surface area contributed by atoms with Crippen LogP contribution in [0.15, 0.2) is 6.20 Å². The van der Waals surface area contributed by atoms with Crippen LogP contribution < -0.4 is 16.5 Å². The van der Waals surface area contributed by atoms with Gasteiger partial charge in [-0.3, -0.25) is 0 Å². The van der Waals surface area contributed by atoms with Crippen molar-refractivity contribution in [2.75, 3.05) is 29.6 Å². The van der Waals surface area contributed by atoms with E-state index in [1.54, 1.807) is 6.20 Å². The van der Waals surface area contributed by atoms with Gasteiger partial charge in [0.15, 0.2) is 0 Å². The van der Waals surface area contributed by atoms with Crippen LogP contribution in [0, 0.1) is 0 Å². The van der Waals surface area contributed by atoms with Crippen molar-refractivity contribution in [3.63, 3.8) is 0 Å². The van der Waals surface area contributed by atoms with Gasteiger partial charge in [-0.15, -0.1) is 0 Å². The molecule has 1 aromatic rings. The average molecular weight is 167 g/mol. The molecule has 66 valence electrons. The maximum absolute atomic E-state index is 5.67. The highest BCUT2D eigenvalue weighted by Gasteiger charge is 2.17. The van der Waals surface area contributed by atoms with E-state index in [-0.39, 0.29) is 0 Å². The summed E-state index contributed by atoms with van der Waals surface area (Å²) in [7, 11) is 0. The molecule has 0 spiro atoms. The molecular weight excluding hydrogens is 154 g/mol. The first-order valence-electron chi connectivity index (χ1n) is 4.12. The molecule has 0 amide bonds. The van der Waals surface area contributed by atoms with E-state index in [1.807, 2.05) is 0 Å². The fourth-order valence-electron chi connectivity index (χ4n) is 1.51. The number of hydrogen-bond acceptors (Lipinski definition) is 4. The van der Waals surface area contributed by atoms with E-state index >= 15 is 0 Å². The number of imidazole rings is 1. The highest BCUT2D eigenvalue weighted by molar-refractivity contribution is 5.42. The average Bonchev–Trinajstić information content (AvgIpc) is 2.64. The van der Waals surface area contributed by atoms with E-state index in [2.05, 4.69) is 9.88 Å². The van der Waals surface area contributed by atoms with Crippen LogP contribution in [0.4, 0.5) is 11.8 Å². The predicted molar refractivity (Wildman–Crippen MR) is 48.2 cm³/mol. The van der Waals surface area contributed by atoms with Crippen LogP contribution in [0.1, 0.15) is 12.8 Å². The summed E-state index contributed by atoms with van der Waals surface area (Å²) in [5.74, 6) is 6.96. The molecule has 12 heavy (non-hydrogen) atoms. The molecule has 2 heterocycles. The first-order chi connectivity index (χ1) is 5.79. The van der Waals surface area contributed by atoms with Gasteiger partial charge in [0, 0.05) is 13.1 Å². The lowest BCUT2D eigenvalue weighted by Gasteiger charge is -2.15. The van der Waals surface area contributed by atoms with Crippen molar-refractivity contribution >= 4 is 11.8 Å². The molecule has 0 saturated carbocycles. The molecule has 4 N–H and O–H groups in total. The van der Waals surface area contributed by atoms with Crippen molar-refractivity contribution in [1.82, 2.24) is 9.66 Å². The van der Waals surface area contributed by atoms with Gasteiger partial charge >= 0.3 is 0 Å². The Balaban J connectivity index is 2.26. The van der Waals surface area contributed by atoms with Crippen molar-refractivity contribution in [1.29, 1.82) is 0 Å².